The summed E-state index contributed by atoms with van der Waals surface area (Å²) < 4.78 is 0. The molecule has 5 aromatic rings. The van der Waals surface area contributed by atoms with E-state index in [-0.39, 0.29) is 17.4 Å². The fourth-order valence-electron chi connectivity index (χ4n) is 4.10. The third-order valence-corrected chi connectivity index (χ3v) is 5.70. The Morgan fingerprint density at radius 1 is 0.656 bits per heavy atom. The molecule has 1 aromatic heterocycles. The number of aromatic hydroxyl groups is 2. The highest BCUT2D eigenvalue weighted by Crippen LogP contribution is 2.39. The van der Waals surface area contributed by atoms with Crippen LogP contribution in [0, 0.1) is 0 Å². The molecule has 0 radical (unpaired) electrons. The second-order valence-electron chi connectivity index (χ2n) is 7.75. The minimum atomic E-state index is -0.224. The molecule has 0 amide bonds. The molecule has 0 saturated carbocycles. The Balaban J connectivity index is 1.64. The van der Waals surface area contributed by atoms with Gasteiger partial charge in [0.15, 0.2) is 0 Å². The molecule has 0 aliphatic carbocycles. The molecule has 1 atom stereocenters. The number of H-pyrrole nitrogens is 1. The standard InChI is InChI=1S/C28H22N2O2/c31-24-12-9-20(10-13-24)22-11-14-27(32)25(16-22)28(26-17-29-18-30-26)23-8-4-7-21(15-23)19-5-2-1-3-6-19/h1-18,28,31-32H,(H,29,30). The average Bonchev–Trinajstić information content (AvgIpc) is 3.36. The number of imidazole rings is 1. The quantitative estimate of drug-likeness (QED) is 0.312. The van der Waals surface area contributed by atoms with Crippen molar-refractivity contribution < 1.29 is 10.2 Å². The number of aromatic nitrogens is 2. The smallest absolute Gasteiger partial charge is 0.119 e. The number of benzene rings is 4. The van der Waals surface area contributed by atoms with Gasteiger partial charge in [0.05, 0.1) is 12.2 Å². The summed E-state index contributed by atoms with van der Waals surface area (Å²) in [4.78, 5) is 7.46. The van der Waals surface area contributed by atoms with Crippen LogP contribution in [0.2, 0.25) is 0 Å². The maximum absolute atomic E-state index is 10.9. The summed E-state index contributed by atoms with van der Waals surface area (Å²) in [5.41, 5.74) is 6.90. The second-order valence-corrected chi connectivity index (χ2v) is 7.75. The molecule has 156 valence electrons. The van der Waals surface area contributed by atoms with Gasteiger partial charge in [-0.15, -0.1) is 0 Å². The number of nitrogens with one attached hydrogen (secondary N) is 1. The first-order valence-corrected chi connectivity index (χ1v) is 10.4. The zero-order valence-electron chi connectivity index (χ0n) is 17.3. The lowest BCUT2D eigenvalue weighted by Gasteiger charge is -2.20. The minimum Gasteiger partial charge on any atom is -0.508 e. The summed E-state index contributed by atoms with van der Waals surface area (Å²) in [5, 5.41) is 20.5. The van der Waals surface area contributed by atoms with Gasteiger partial charge in [0.2, 0.25) is 0 Å². The Kier molecular flexibility index (Phi) is 5.18. The van der Waals surface area contributed by atoms with Gasteiger partial charge in [-0.1, -0.05) is 72.8 Å². The lowest BCUT2D eigenvalue weighted by atomic mass is 9.85. The van der Waals surface area contributed by atoms with Crippen LogP contribution in [0.4, 0.5) is 0 Å². The Morgan fingerprint density at radius 3 is 2.09 bits per heavy atom. The fraction of sp³-hybridized carbons (Fsp3) is 0.0357. The highest BCUT2D eigenvalue weighted by molar-refractivity contribution is 5.69. The topological polar surface area (TPSA) is 69.1 Å². The van der Waals surface area contributed by atoms with Crippen LogP contribution in [0.3, 0.4) is 0 Å². The Labute approximate surface area is 186 Å². The van der Waals surface area contributed by atoms with E-state index in [4.69, 9.17) is 0 Å². The molecule has 3 N–H and O–H groups in total. The van der Waals surface area contributed by atoms with Crippen LogP contribution in [0.1, 0.15) is 22.7 Å². The van der Waals surface area contributed by atoms with Crippen LogP contribution < -0.4 is 0 Å². The molecule has 1 heterocycles. The van der Waals surface area contributed by atoms with Crippen molar-refractivity contribution >= 4 is 0 Å². The first kappa shape index (κ1) is 19.6. The van der Waals surface area contributed by atoms with Gasteiger partial charge in [-0.3, -0.25) is 0 Å². The predicted molar refractivity (Wildman–Crippen MR) is 127 cm³/mol. The third kappa shape index (κ3) is 3.86. The maximum Gasteiger partial charge on any atom is 0.119 e. The van der Waals surface area contributed by atoms with E-state index in [1.165, 1.54) is 0 Å². The molecule has 4 aromatic carbocycles. The van der Waals surface area contributed by atoms with Crippen molar-refractivity contribution in [3.63, 3.8) is 0 Å². The van der Waals surface area contributed by atoms with Crippen LogP contribution in [-0.4, -0.2) is 20.2 Å². The molecule has 4 nitrogen and oxygen atoms in total. The van der Waals surface area contributed by atoms with Crippen molar-refractivity contribution in [2.24, 2.45) is 0 Å². The van der Waals surface area contributed by atoms with Crippen LogP contribution in [0.15, 0.2) is 110 Å². The van der Waals surface area contributed by atoms with Gasteiger partial charge >= 0.3 is 0 Å². The summed E-state index contributed by atoms with van der Waals surface area (Å²) in [5.74, 6) is 0.219. The summed E-state index contributed by atoms with van der Waals surface area (Å²) in [6, 6.07) is 31.3. The predicted octanol–water partition coefficient (Wildman–Crippen LogP) is 6.34. The number of hydrogen-bond acceptors (Lipinski definition) is 3. The molecule has 0 spiro atoms. The zero-order valence-corrected chi connectivity index (χ0v) is 17.3. The van der Waals surface area contributed by atoms with Gasteiger partial charge in [-0.05, 0) is 52.1 Å². The van der Waals surface area contributed by atoms with Crippen molar-refractivity contribution in [2.75, 3.05) is 0 Å². The van der Waals surface area contributed by atoms with E-state index in [0.717, 1.165) is 39.1 Å². The molecular weight excluding hydrogens is 396 g/mol. The number of aromatic amines is 1. The SMILES string of the molecule is Oc1ccc(-c2ccc(O)c(C(c3cccc(-c4ccccc4)c3)c3cnc[nH]3)c2)cc1. The van der Waals surface area contributed by atoms with Crippen LogP contribution in [0.5, 0.6) is 11.5 Å². The molecule has 4 heteroatoms. The number of phenols is 2. The van der Waals surface area contributed by atoms with E-state index in [2.05, 4.69) is 40.3 Å². The van der Waals surface area contributed by atoms with Crippen molar-refractivity contribution in [3.05, 3.63) is 126 Å². The largest absolute Gasteiger partial charge is 0.508 e. The molecule has 1 unspecified atom stereocenters. The number of nitrogens with zero attached hydrogens (tertiary/aromatic N) is 1. The van der Waals surface area contributed by atoms with Gasteiger partial charge < -0.3 is 15.2 Å². The maximum atomic E-state index is 10.9. The zero-order chi connectivity index (χ0) is 21.9. The van der Waals surface area contributed by atoms with Gasteiger partial charge in [0.1, 0.15) is 11.5 Å². The van der Waals surface area contributed by atoms with Crippen molar-refractivity contribution in [3.8, 4) is 33.8 Å². The first-order chi connectivity index (χ1) is 15.7. The van der Waals surface area contributed by atoms with Crippen LogP contribution >= 0.6 is 0 Å². The summed E-state index contributed by atoms with van der Waals surface area (Å²) in [6.45, 7) is 0. The fourth-order valence-corrected chi connectivity index (χ4v) is 4.10. The van der Waals surface area contributed by atoms with E-state index in [0.29, 0.717) is 0 Å². The Hall–Kier alpha value is -4.31. The van der Waals surface area contributed by atoms with Crippen molar-refractivity contribution in [1.82, 2.24) is 9.97 Å². The monoisotopic (exact) mass is 418 g/mol. The van der Waals surface area contributed by atoms with Crippen LogP contribution in [0.25, 0.3) is 22.3 Å². The summed E-state index contributed by atoms with van der Waals surface area (Å²) in [7, 11) is 0. The van der Waals surface area contributed by atoms with Crippen LogP contribution in [-0.2, 0) is 0 Å². The highest BCUT2D eigenvalue weighted by Gasteiger charge is 2.22. The van der Waals surface area contributed by atoms with E-state index in [9.17, 15) is 10.2 Å². The first-order valence-electron chi connectivity index (χ1n) is 10.4. The summed E-state index contributed by atoms with van der Waals surface area (Å²) in [6.07, 6.45) is 3.46. The normalized spacial score (nSPS) is 11.9. The van der Waals surface area contributed by atoms with Gasteiger partial charge in [0.25, 0.3) is 0 Å². The molecule has 0 aliphatic heterocycles. The third-order valence-electron chi connectivity index (χ3n) is 5.70. The summed E-state index contributed by atoms with van der Waals surface area (Å²) >= 11 is 0. The molecule has 0 aliphatic rings. The molecule has 0 fully saturated rings. The molecule has 5 rings (SSSR count). The highest BCUT2D eigenvalue weighted by atomic mass is 16.3. The van der Waals surface area contributed by atoms with E-state index in [1.54, 1.807) is 30.7 Å². The van der Waals surface area contributed by atoms with Gasteiger partial charge in [0, 0.05) is 17.5 Å². The van der Waals surface area contributed by atoms with E-state index >= 15 is 0 Å². The number of phenolic OH excluding ortho intramolecular Hbond substituents is 2. The lowest BCUT2D eigenvalue weighted by Crippen LogP contribution is -2.05. The second kappa shape index (κ2) is 8.44. The molecule has 32 heavy (non-hydrogen) atoms. The minimum absolute atomic E-state index is 0.220. The molecular formula is C28H22N2O2. The van der Waals surface area contributed by atoms with Crippen molar-refractivity contribution in [1.29, 1.82) is 0 Å². The molecule has 0 bridgehead atoms. The number of rotatable bonds is 5. The molecule has 0 saturated heterocycles. The van der Waals surface area contributed by atoms with E-state index < -0.39 is 0 Å². The van der Waals surface area contributed by atoms with E-state index in [1.807, 2.05) is 48.5 Å². The van der Waals surface area contributed by atoms with Crippen molar-refractivity contribution in [2.45, 2.75) is 5.92 Å². The Morgan fingerprint density at radius 2 is 1.34 bits per heavy atom. The lowest BCUT2D eigenvalue weighted by molar-refractivity contribution is 0.467. The Bertz CT molecular complexity index is 1330. The van der Waals surface area contributed by atoms with Gasteiger partial charge in [-0.2, -0.15) is 0 Å². The number of hydrogen-bond donors (Lipinski definition) is 3. The average molecular weight is 418 g/mol. The van der Waals surface area contributed by atoms with Gasteiger partial charge in [-0.25, -0.2) is 4.98 Å².